The van der Waals surface area contributed by atoms with Gasteiger partial charge in [0.25, 0.3) is 0 Å². The molecule has 1 aliphatic rings. The molecule has 1 saturated carbocycles. The third-order valence-corrected chi connectivity index (χ3v) is 4.77. The van der Waals surface area contributed by atoms with Crippen LogP contribution in [0, 0.1) is 11.6 Å². The second-order valence-corrected chi connectivity index (χ2v) is 6.24. The van der Waals surface area contributed by atoms with E-state index in [0.29, 0.717) is 0 Å². The first-order valence-electron chi connectivity index (χ1n) is 8.48. The van der Waals surface area contributed by atoms with Crippen molar-refractivity contribution >= 4 is 22.6 Å². The Hall–Kier alpha value is -2.64. The van der Waals surface area contributed by atoms with Crippen molar-refractivity contribution < 1.29 is 23.0 Å². The summed E-state index contributed by atoms with van der Waals surface area (Å²) in [5.74, 6) is -3.85. The van der Waals surface area contributed by atoms with Gasteiger partial charge in [-0.05, 0) is 19.8 Å². The summed E-state index contributed by atoms with van der Waals surface area (Å²) in [4.78, 5) is 25.0. The molecule has 0 aliphatic heterocycles. The van der Waals surface area contributed by atoms with Gasteiger partial charge in [-0.25, -0.2) is 9.18 Å². The van der Waals surface area contributed by atoms with Crippen LogP contribution in [0.15, 0.2) is 11.0 Å². The van der Waals surface area contributed by atoms with Crippen molar-refractivity contribution in [2.45, 2.75) is 38.6 Å². The molecule has 1 aliphatic carbocycles. The van der Waals surface area contributed by atoms with Crippen molar-refractivity contribution in [1.29, 1.82) is 0 Å². The minimum atomic E-state index is -1.37. The van der Waals surface area contributed by atoms with Gasteiger partial charge in [0, 0.05) is 12.2 Å². The summed E-state index contributed by atoms with van der Waals surface area (Å²) in [7, 11) is 1.19. The molecule has 0 saturated heterocycles. The minimum Gasteiger partial charge on any atom is -0.491 e. The topological polar surface area (TPSA) is 83.6 Å². The van der Waals surface area contributed by atoms with Gasteiger partial charge >= 0.3 is 5.97 Å². The number of fused-ring (bicyclic) bond motifs is 1. The monoisotopic (exact) mass is 366 g/mol. The molecule has 1 heterocycles. The van der Waals surface area contributed by atoms with Crippen molar-refractivity contribution in [1.82, 2.24) is 4.57 Å². The van der Waals surface area contributed by atoms with Crippen LogP contribution in [0.2, 0.25) is 0 Å². The van der Waals surface area contributed by atoms with Crippen molar-refractivity contribution in [3.8, 4) is 5.75 Å². The molecule has 0 atom stereocenters. The van der Waals surface area contributed by atoms with Crippen LogP contribution in [-0.4, -0.2) is 24.3 Å². The summed E-state index contributed by atoms with van der Waals surface area (Å²) in [6, 6.07) is -0.0792. The first-order chi connectivity index (χ1) is 12.4. The number of aromatic nitrogens is 1. The first-order valence-corrected chi connectivity index (χ1v) is 8.48. The van der Waals surface area contributed by atoms with E-state index >= 15 is 0 Å². The summed E-state index contributed by atoms with van der Waals surface area (Å²) in [6.45, 7) is 1.69. The molecule has 1 fully saturated rings. The number of esters is 1. The predicted octanol–water partition coefficient (Wildman–Crippen LogP) is 3.16. The van der Waals surface area contributed by atoms with Crippen molar-refractivity contribution in [3.63, 3.8) is 0 Å². The number of methoxy groups -OCH3 is 1. The first kappa shape index (κ1) is 18.2. The van der Waals surface area contributed by atoms with Crippen LogP contribution in [0.1, 0.15) is 49.0 Å². The number of anilines is 1. The van der Waals surface area contributed by atoms with Crippen molar-refractivity contribution in [2.75, 3.05) is 19.5 Å². The van der Waals surface area contributed by atoms with E-state index in [-0.39, 0.29) is 29.1 Å². The van der Waals surface area contributed by atoms with Gasteiger partial charge < -0.3 is 19.8 Å². The fourth-order valence-electron chi connectivity index (χ4n) is 3.56. The number of rotatable bonds is 4. The van der Waals surface area contributed by atoms with E-state index in [1.54, 1.807) is 11.5 Å². The third kappa shape index (κ3) is 2.69. The number of hydrogen-bond acceptors (Lipinski definition) is 5. The quantitative estimate of drug-likeness (QED) is 0.664. The highest BCUT2D eigenvalue weighted by molar-refractivity contribution is 6.00. The van der Waals surface area contributed by atoms with Gasteiger partial charge in [-0.2, -0.15) is 4.39 Å². The van der Waals surface area contributed by atoms with E-state index in [1.807, 2.05) is 0 Å². The summed E-state index contributed by atoms with van der Waals surface area (Å²) in [5.41, 5.74) is 4.08. The van der Waals surface area contributed by atoms with E-state index in [1.165, 1.54) is 13.3 Å². The van der Waals surface area contributed by atoms with Gasteiger partial charge in [-0.15, -0.1) is 0 Å². The number of nitrogens with two attached hydrogens (primary N) is 1. The van der Waals surface area contributed by atoms with E-state index in [0.717, 1.165) is 25.7 Å². The second kappa shape index (κ2) is 6.93. The van der Waals surface area contributed by atoms with Gasteiger partial charge in [-0.3, -0.25) is 4.79 Å². The van der Waals surface area contributed by atoms with Crippen LogP contribution in [0.3, 0.4) is 0 Å². The van der Waals surface area contributed by atoms with Gasteiger partial charge in [0.05, 0.1) is 24.8 Å². The maximum Gasteiger partial charge on any atom is 0.343 e. The number of halogens is 2. The lowest BCUT2D eigenvalue weighted by Gasteiger charge is -2.22. The van der Waals surface area contributed by atoms with Crippen LogP contribution in [-0.2, 0) is 4.74 Å². The molecule has 0 radical (unpaired) electrons. The molecule has 0 amide bonds. The molecule has 1 aromatic heterocycles. The largest absolute Gasteiger partial charge is 0.491 e. The molecular weight excluding hydrogens is 346 g/mol. The Bertz CT molecular complexity index is 933. The average molecular weight is 366 g/mol. The van der Waals surface area contributed by atoms with Crippen LogP contribution >= 0.6 is 0 Å². The molecule has 8 heteroatoms. The standard InChI is InChI=1S/C18H20F2N2O4/c1-3-26-18(24)10-8-22(9-6-4-5-7-9)15-11(16(10)23)14(21)12(19)13(20)17(15)25-2/h8-9H,3-7,21H2,1-2H3. The highest BCUT2D eigenvalue weighted by Crippen LogP contribution is 2.39. The highest BCUT2D eigenvalue weighted by atomic mass is 19.2. The maximum atomic E-state index is 14.4. The zero-order chi connectivity index (χ0) is 19.0. The molecule has 6 nitrogen and oxygen atoms in total. The summed E-state index contributed by atoms with van der Waals surface area (Å²) in [5, 5.41) is -0.266. The second-order valence-electron chi connectivity index (χ2n) is 6.24. The van der Waals surface area contributed by atoms with Gasteiger partial charge in [-0.1, -0.05) is 12.8 Å². The molecular formula is C18H20F2N2O4. The van der Waals surface area contributed by atoms with E-state index in [4.69, 9.17) is 15.2 Å². The highest BCUT2D eigenvalue weighted by Gasteiger charge is 2.29. The van der Waals surface area contributed by atoms with Crippen LogP contribution in [0.5, 0.6) is 5.75 Å². The molecule has 140 valence electrons. The number of hydrogen-bond donors (Lipinski definition) is 1. The molecule has 3 rings (SSSR count). The molecule has 1 aromatic carbocycles. The zero-order valence-corrected chi connectivity index (χ0v) is 14.6. The molecule has 0 bridgehead atoms. The summed E-state index contributed by atoms with van der Waals surface area (Å²) >= 11 is 0. The smallest absolute Gasteiger partial charge is 0.343 e. The molecule has 0 spiro atoms. The lowest BCUT2D eigenvalue weighted by Crippen LogP contribution is -2.24. The summed E-state index contributed by atoms with van der Waals surface area (Å²) in [6.07, 6.45) is 4.81. The van der Waals surface area contributed by atoms with E-state index in [2.05, 4.69) is 0 Å². The fourth-order valence-corrected chi connectivity index (χ4v) is 3.56. The lowest BCUT2D eigenvalue weighted by molar-refractivity contribution is 0.0524. The molecule has 26 heavy (non-hydrogen) atoms. The van der Waals surface area contributed by atoms with Crippen LogP contribution in [0.4, 0.5) is 14.5 Å². The van der Waals surface area contributed by atoms with Gasteiger partial charge in [0.1, 0.15) is 11.1 Å². The van der Waals surface area contributed by atoms with Crippen LogP contribution in [0.25, 0.3) is 10.9 Å². The Balaban J connectivity index is 2.47. The predicted molar refractivity (Wildman–Crippen MR) is 92.5 cm³/mol. The normalized spacial score (nSPS) is 14.8. The summed E-state index contributed by atoms with van der Waals surface area (Å²) < 4.78 is 40.2. The number of benzene rings is 1. The minimum absolute atomic E-state index is 0.0637. The zero-order valence-electron chi connectivity index (χ0n) is 14.6. The van der Waals surface area contributed by atoms with Gasteiger partial charge in [0.15, 0.2) is 11.6 Å². The SMILES string of the molecule is CCOC(=O)c1cn(C2CCCC2)c2c(OC)c(F)c(F)c(N)c2c1=O. The number of ether oxygens (including phenoxy) is 2. The molecule has 2 aromatic rings. The number of carbonyl (C=O) groups excluding carboxylic acids is 1. The Kier molecular flexibility index (Phi) is 4.84. The number of pyridine rings is 1. The Morgan fingerprint density at radius 3 is 2.54 bits per heavy atom. The van der Waals surface area contributed by atoms with Crippen molar-refractivity contribution in [2.24, 2.45) is 0 Å². The Morgan fingerprint density at radius 2 is 1.96 bits per heavy atom. The third-order valence-electron chi connectivity index (χ3n) is 4.77. The van der Waals surface area contributed by atoms with E-state index < -0.39 is 34.5 Å². The number of nitrogens with zero attached hydrogens (tertiary/aromatic N) is 1. The van der Waals surface area contributed by atoms with Crippen molar-refractivity contribution in [3.05, 3.63) is 33.6 Å². The molecule has 2 N–H and O–H groups in total. The average Bonchev–Trinajstić information content (AvgIpc) is 3.15. The number of carbonyl (C=O) groups is 1. The maximum absolute atomic E-state index is 14.4. The Morgan fingerprint density at radius 1 is 1.31 bits per heavy atom. The number of nitrogen functional groups attached to an aromatic ring is 1. The Labute approximate surface area is 148 Å². The van der Waals surface area contributed by atoms with Crippen LogP contribution < -0.4 is 15.9 Å². The molecule has 0 unspecified atom stereocenters. The van der Waals surface area contributed by atoms with E-state index in [9.17, 15) is 18.4 Å². The van der Waals surface area contributed by atoms with Gasteiger partial charge in [0.2, 0.25) is 11.2 Å². The fraction of sp³-hybridized carbons (Fsp3) is 0.444. The lowest BCUT2D eigenvalue weighted by atomic mass is 10.1.